The van der Waals surface area contributed by atoms with E-state index in [0.29, 0.717) is 0 Å². The smallest absolute Gasteiger partial charge is 0.0351 e. The summed E-state index contributed by atoms with van der Waals surface area (Å²) in [4.78, 5) is 0. The molecule has 5 heavy (non-hydrogen) atoms. The Bertz CT molecular complexity index is 11.1. The molecule has 0 nitrogen and oxygen atoms in total. The van der Waals surface area contributed by atoms with Gasteiger partial charge in [0.2, 0.25) is 0 Å². The van der Waals surface area contributed by atoms with Crippen molar-refractivity contribution >= 4 is 9.52 Å². The van der Waals surface area contributed by atoms with Gasteiger partial charge >= 0.3 is 9.52 Å². The summed E-state index contributed by atoms with van der Waals surface area (Å²) >= 11 is 0. The standard InChI is InChI=1S/C4H10Si/c1-3-5-4-2/h3-4H2,1-2H3/q+1. The first-order valence-electron chi connectivity index (χ1n) is 2.12. The Kier molecular flexibility index (Phi) is 4.40. The maximum absolute atomic E-state index is 2.22. The Morgan fingerprint density at radius 3 is 1.60 bits per heavy atom. The third-order valence-electron chi connectivity index (χ3n) is 0.500. The van der Waals surface area contributed by atoms with Gasteiger partial charge < -0.3 is 0 Å². The molecule has 29 valence electrons. The summed E-state index contributed by atoms with van der Waals surface area (Å²) in [6.45, 7) is 4.45. The Morgan fingerprint density at radius 2 is 1.60 bits per heavy atom. The molecule has 0 aromatic heterocycles. The van der Waals surface area contributed by atoms with E-state index in [4.69, 9.17) is 0 Å². The number of hydrogen-bond acceptors (Lipinski definition) is 0. The van der Waals surface area contributed by atoms with E-state index in [1.807, 2.05) is 0 Å². The van der Waals surface area contributed by atoms with Gasteiger partial charge in [0.1, 0.15) is 0 Å². The van der Waals surface area contributed by atoms with Crippen LogP contribution in [0.25, 0.3) is 0 Å². The Balaban J connectivity index is 2.19. The molecule has 0 rings (SSSR count). The van der Waals surface area contributed by atoms with Gasteiger partial charge in [-0.3, -0.25) is 0 Å². The minimum Gasteiger partial charge on any atom is -0.0351 e. The highest BCUT2D eigenvalue weighted by Crippen LogP contribution is 1.77. The van der Waals surface area contributed by atoms with Crippen LogP contribution in [0.5, 0.6) is 0 Å². The lowest BCUT2D eigenvalue weighted by Gasteiger charge is -1.55. The third-order valence-corrected chi connectivity index (χ3v) is 1.50. The quantitative estimate of drug-likeness (QED) is 0.447. The maximum atomic E-state index is 2.22. The molecule has 0 aliphatic carbocycles. The molecular formula is C4H10Si+. The van der Waals surface area contributed by atoms with Crippen LogP contribution in [0.4, 0.5) is 0 Å². The summed E-state index contributed by atoms with van der Waals surface area (Å²) in [5.74, 6) is 0. The topological polar surface area (TPSA) is 0 Å². The zero-order valence-corrected chi connectivity index (χ0v) is 4.91. The van der Waals surface area contributed by atoms with Gasteiger partial charge in [-0.15, -0.1) is 0 Å². The normalized spacial score (nSPS) is 7.60. The van der Waals surface area contributed by atoms with E-state index in [0.717, 1.165) is 0 Å². The van der Waals surface area contributed by atoms with Crippen LogP contribution in [0.2, 0.25) is 12.1 Å². The summed E-state index contributed by atoms with van der Waals surface area (Å²) in [5.41, 5.74) is 0. The predicted molar refractivity (Wildman–Crippen MR) is 26.7 cm³/mol. The van der Waals surface area contributed by atoms with Crippen LogP contribution >= 0.6 is 0 Å². The summed E-state index contributed by atoms with van der Waals surface area (Å²) in [5, 5.41) is 0. The second-order valence-electron chi connectivity index (χ2n) is 0.957. The molecule has 0 aromatic rings. The monoisotopic (exact) mass is 86.1 g/mol. The molecule has 0 bridgehead atoms. The maximum Gasteiger partial charge on any atom is 0.480 e. The molecule has 0 fully saturated rings. The molecule has 0 saturated carbocycles. The minimum atomic E-state index is 1.20. The molecule has 0 N–H and O–H groups in total. The van der Waals surface area contributed by atoms with Crippen LogP contribution in [-0.4, -0.2) is 9.52 Å². The first-order chi connectivity index (χ1) is 2.41. The van der Waals surface area contributed by atoms with Crippen molar-refractivity contribution in [1.29, 1.82) is 0 Å². The molecule has 0 amide bonds. The van der Waals surface area contributed by atoms with Crippen molar-refractivity contribution in [3.63, 3.8) is 0 Å². The predicted octanol–water partition coefficient (Wildman–Crippen LogP) is 1.57. The van der Waals surface area contributed by atoms with E-state index in [1.165, 1.54) is 21.6 Å². The van der Waals surface area contributed by atoms with Crippen molar-refractivity contribution in [3.05, 3.63) is 0 Å². The highest BCUT2D eigenvalue weighted by molar-refractivity contribution is 6.34. The molecule has 1 radical (unpaired) electrons. The molecule has 0 atom stereocenters. The third kappa shape index (κ3) is 4.22. The van der Waals surface area contributed by atoms with Crippen molar-refractivity contribution in [3.8, 4) is 0 Å². The van der Waals surface area contributed by atoms with Crippen molar-refractivity contribution in [2.24, 2.45) is 0 Å². The number of hydrogen-bond donors (Lipinski definition) is 0. The van der Waals surface area contributed by atoms with Crippen molar-refractivity contribution in [2.45, 2.75) is 25.9 Å². The fraction of sp³-hybridized carbons (Fsp3) is 1.00. The fourth-order valence-corrected chi connectivity index (χ4v) is 0.750. The van der Waals surface area contributed by atoms with E-state index in [9.17, 15) is 0 Å². The Hall–Kier alpha value is 0.217. The van der Waals surface area contributed by atoms with Crippen LogP contribution in [0, 0.1) is 0 Å². The van der Waals surface area contributed by atoms with Crippen LogP contribution in [0.3, 0.4) is 0 Å². The second-order valence-corrected chi connectivity index (χ2v) is 2.87. The molecule has 0 aliphatic rings. The lowest BCUT2D eigenvalue weighted by atomic mass is 11.0. The first kappa shape index (κ1) is 5.22. The van der Waals surface area contributed by atoms with Crippen molar-refractivity contribution < 1.29 is 0 Å². The van der Waals surface area contributed by atoms with Gasteiger partial charge in [0.15, 0.2) is 0 Å². The van der Waals surface area contributed by atoms with Crippen LogP contribution in [-0.2, 0) is 0 Å². The van der Waals surface area contributed by atoms with Gasteiger partial charge in [0.05, 0.1) is 12.1 Å². The minimum absolute atomic E-state index is 1.20. The average Bonchev–Trinajstić information content (AvgIpc) is 1.41. The highest BCUT2D eigenvalue weighted by atomic mass is 28.2. The zero-order valence-electron chi connectivity index (χ0n) is 3.91. The highest BCUT2D eigenvalue weighted by Gasteiger charge is 1.95. The van der Waals surface area contributed by atoms with Crippen LogP contribution in [0.15, 0.2) is 0 Å². The molecule has 0 unspecified atom stereocenters. The lowest BCUT2D eigenvalue weighted by molar-refractivity contribution is 1.36. The average molecular weight is 86.2 g/mol. The van der Waals surface area contributed by atoms with E-state index in [1.54, 1.807) is 0 Å². The molecule has 0 aromatic carbocycles. The van der Waals surface area contributed by atoms with Gasteiger partial charge in [-0.2, -0.15) is 0 Å². The SMILES string of the molecule is CC[Si+]CC. The van der Waals surface area contributed by atoms with Gasteiger partial charge in [-0.05, 0) is 13.8 Å². The Labute approximate surface area is 36.4 Å². The van der Waals surface area contributed by atoms with Gasteiger partial charge in [-0.1, -0.05) is 0 Å². The summed E-state index contributed by atoms with van der Waals surface area (Å²) in [7, 11) is 1.20. The van der Waals surface area contributed by atoms with Gasteiger partial charge in [0, 0.05) is 0 Å². The van der Waals surface area contributed by atoms with E-state index < -0.39 is 0 Å². The molecule has 0 spiro atoms. The van der Waals surface area contributed by atoms with Gasteiger partial charge in [-0.25, -0.2) is 0 Å². The van der Waals surface area contributed by atoms with Crippen LogP contribution < -0.4 is 0 Å². The zero-order chi connectivity index (χ0) is 4.12. The second kappa shape index (κ2) is 4.22. The van der Waals surface area contributed by atoms with Crippen molar-refractivity contribution in [2.75, 3.05) is 0 Å². The van der Waals surface area contributed by atoms with E-state index in [2.05, 4.69) is 13.8 Å². The summed E-state index contributed by atoms with van der Waals surface area (Å²) < 4.78 is 0. The molecule has 0 aliphatic heterocycles. The molecular weight excluding hydrogens is 76.1 g/mol. The van der Waals surface area contributed by atoms with Crippen LogP contribution in [0.1, 0.15) is 13.8 Å². The lowest BCUT2D eigenvalue weighted by Crippen LogP contribution is -1.76. The summed E-state index contributed by atoms with van der Waals surface area (Å²) in [6, 6.07) is 2.74. The van der Waals surface area contributed by atoms with E-state index in [-0.39, 0.29) is 0 Å². The largest absolute Gasteiger partial charge is 0.480 e. The number of rotatable bonds is 2. The van der Waals surface area contributed by atoms with Crippen molar-refractivity contribution in [1.82, 2.24) is 0 Å². The Morgan fingerprint density at radius 1 is 1.20 bits per heavy atom. The van der Waals surface area contributed by atoms with E-state index >= 15 is 0 Å². The van der Waals surface area contributed by atoms with Gasteiger partial charge in [0.25, 0.3) is 0 Å². The molecule has 0 heterocycles. The summed E-state index contributed by atoms with van der Waals surface area (Å²) in [6.07, 6.45) is 0. The first-order valence-corrected chi connectivity index (χ1v) is 3.54. The molecule has 0 saturated heterocycles. The molecule has 1 heteroatoms. The fourth-order valence-electron chi connectivity index (χ4n) is 0.250.